The molecule has 0 bridgehead atoms. The monoisotopic (exact) mass is 333 g/mol. The first kappa shape index (κ1) is 18.4. The van der Waals surface area contributed by atoms with Crippen molar-refractivity contribution in [3.8, 4) is 0 Å². The number of rotatable bonds is 13. The van der Waals surface area contributed by atoms with Crippen LogP contribution in [-0.4, -0.2) is 36.7 Å². The fraction of sp³-hybridized carbons (Fsp3) is 0.765. The van der Waals surface area contributed by atoms with Crippen molar-refractivity contribution in [3.05, 3.63) is 25.3 Å². The van der Waals surface area contributed by atoms with Crippen LogP contribution in [0, 0.1) is 0 Å². The van der Waals surface area contributed by atoms with E-state index in [2.05, 4.69) is 27.1 Å². The molecule has 2 heterocycles. The Morgan fingerprint density at radius 3 is 2.04 bits per heavy atom. The molecule has 7 heteroatoms. The molecule has 2 aromatic heterocycles. The maximum absolute atomic E-state index is 4.31. The number of nitrogens with zero attached hydrogens (tertiary/aromatic N) is 7. The summed E-state index contributed by atoms with van der Waals surface area (Å²) in [6.07, 6.45) is 19.7. The Morgan fingerprint density at radius 1 is 0.833 bits per heavy atom. The molecule has 0 N–H and O–H groups in total. The second kappa shape index (κ2) is 10.8. The van der Waals surface area contributed by atoms with Gasteiger partial charge in [0, 0.05) is 7.05 Å². The van der Waals surface area contributed by atoms with Crippen LogP contribution < -0.4 is 5.01 Å². The number of unbranched alkanes of at least 4 members (excludes halogenated alkanes) is 8. The van der Waals surface area contributed by atoms with E-state index in [1.165, 1.54) is 57.8 Å². The van der Waals surface area contributed by atoms with Crippen LogP contribution in [0.2, 0.25) is 0 Å². The van der Waals surface area contributed by atoms with Gasteiger partial charge in [-0.25, -0.2) is 14.6 Å². The second-order valence-corrected chi connectivity index (χ2v) is 6.36. The van der Waals surface area contributed by atoms with Crippen molar-refractivity contribution in [2.24, 2.45) is 0 Å². The summed E-state index contributed by atoms with van der Waals surface area (Å²) in [4.78, 5) is 9.85. The van der Waals surface area contributed by atoms with E-state index in [0.717, 1.165) is 6.42 Å². The lowest BCUT2D eigenvalue weighted by molar-refractivity contribution is 0.330. The fourth-order valence-corrected chi connectivity index (χ4v) is 3.00. The molecule has 0 spiro atoms. The summed E-state index contributed by atoms with van der Waals surface area (Å²) in [7, 11) is 2.01. The lowest BCUT2D eigenvalue weighted by Crippen LogP contribution is -2.38. The minimum Gasteiger partial charge on any atom is -0.274 e. The summed E-state index contributed by atoms with van der Waals surface area (Å²) in [5.74, 6) is 0. The van der Waals surface area contributed by atoms with E-state index in [-0.39, 0.29) is 6.17 Å². The predicted octanol–water partition coefficient (Wildman–Crippen LogP) is 3.56. The van der Waals surface area contributed by atoms with Gasteiger partial charge in [0.2, 0.25) is 0 Å². The van der Waals surface area contributed by atoms with E-state index in [1.807, 2.05) is 16.7 Å². The van der Waals surface area contributed by atoms with E-state index >= 15 is 0 Å². The highest BCUT2D eigenvalue weighted by Crippen LogP contribution is 2.18. The van der Waals surface area contributed by atoms with Gasteiger partial charge >= 0.3 is 0 Å². The van der Waals surface area contributed by atoms with Crippen molar-refractivity contribution in [2.75, 3.05) is 12.1 Å². The van der Waals surface area contributed by atoms with Crippen molar-refractivity contribution in [1.82, 2.24) is 29.6 Å². The van der Waals surface area contributed by atoms with Crippen molar-refractivity contribution in [1.29, 1.82) is 0 Å². The van der Waals surface area contributed by atoms with E-state index < -0.39 is 0 Å². The highest BCUT2D eigenvalue weighted by molar-refractivity contribution is 4.84. The molecule has 0 radical (unpaired) electrons. The Morgan fingerprint density at radius 2 is 1.46 bits per heavy atom. The van der Waals surface area contributed by atoms with Crippen LogP contribution in [0.5, 0.6) is 0 Å². The second-order valence-electron chi connectivity index (χ2n) is 6.36. The molecule has 2 aromatic rings. The van der Waals surface area contributed by atoms with Gasteiger partial charge in [0.25, 0.3) is 0 Å². The molecule has 0 aliphatic heterocycles. The molecule has 0 saturated carbocycles. The first-order chi connectivity index (χ1) is 11.8. The Kier molecular flexibility index (Phi) is 8.27. The predicted molar refractivity (Wildman–Crippen MR) is 95.1 cm³/mol. The van der Waals surface area contributed by atoms with Gasteiger partial charge in [-0.15, -0.1) is 5.10 Å². The molecule has 0 fully saturated rings. The topological polar surface area (TPSA) is 64.7 Å². The standard InChI is InChI=1S/C17H31N7/c1-3-4-5-6-7-8-9-10-11-12-17(23-15-18-13-20-23)22(2)24-16-19-14-21-24/h13-17H,3-12H2,1-2H3. The molecule has 7 nitrogen and oxygen atoms in total. The van der Waals surface area contributed by atoms with E-state index in [4.69, 9.17) is 0 Å². The van der Waals surface area contributed by atoms with Crippen LogP contribution in [-0.2, 0) is 0 Å². The van der Waals surface area contributed by atoms with Crippen molar-refractivity contribution >= 4 is 0 Å². The van der Waals surface area contributed by atoms with Crippen LogP contribution >= 0.6 is 0 Å². The number of aromatic nitrogens is 6. The highest BCUT2D eigenvalue weighted by Gasteiger charge is 2.18. The summed E-state index contributed by atoms with van der Waals surface area (Å²) >= 11 is 0. The molecule has 0 amide bonds. The van der Waals surface area contributed by atoms with Gasteiger partial charge in [0.1, 0.15) is 31.5 Å². The Balaban J connectivity index is 1.70. The van der Waals surface area contributed by atoms with Crippen LogP contribution in [0.1, 0.15) is 77.3 Å². The summed E-state index contributed by atoms with van der Waals surface area (Å²) in [5.41, 5.74) is 0. The van der Waals surface area contributed by atoms with Crippen molar-refractivity contribution < 1.29 is 0 Å². The molecule has 2 rings (SSSR count). The SMILES string of the molecule is CCCCCCCCCCCC(N(C)n1cncn1)n1cncn1. The van der Waals surface area contributed by atoms with E-state index in [1.54, 1.807) is 30.1 Å². The Hall–Kier alpha value is -1.92. The maximum atomic E-state index is 4.31. The molecule has 0 saturated heterocycles. The third kappa shape index (κ3) is 5.94. The highest BCUT2D eigenvalue weighted by atomic mass is 15.7. The van der Waals surface area contributed by atoms with Crippen LogP contribution in [0.4, 0.5) is 0 Å². The van der Waals surface area contributed by atoms with Crippen LogP contribution in [0.15, 0.2) is 25.3 Å². The molecule has 0 aliphatic rings. The average Bonchev–Trinajstić information content (AvgIpc) is 3.30. The van der Waals surface area contributed by atoms with Crippen LogP contribution in [0.3, 0.4) is 0 Å². The quantitative estimate of drug-likeness (QED) is 0.524. The number of hydrogen-bond donors (Lipinski definition) is 0. The van der Waals surface area contributed by atoms with Gasteiger partial charge in [-0.2, -0.15) is 9.89 Å². The lowest BCUT2D eigenvalue weighted by atomic mass is 10.1. The molecular weight excluding hydrogens is 302 g/mol. The Bertz CT molecular complexity index is 509. The summed E-state index contributed by atoms with van der Waals surface area (Å²) in [5, 5.41) is 10.6. The van der Waals surface area contributed by atoms with Crippen molar-refractivity contribution in [3.63, 3.8) is 0 Å². The smallest absolute Gasteiger partial charge is 0.140 e. The molecular formula is C17H31N7. The summed E-state index contributed by atoms with van der Waals surface area (Å²) in [6.45, 7) is 2.27. The zero-order valence-corrected chi connectivity index (χ0v) is 15.1. The maximum Gasteiger partial charge on any atom is 0.140 e. The minimum atomic E-state index is 0.110. The van der Waals surface area contributed by atoms with E-state index in [9.17, 15) is 0 Å². The lowest BCUT2D eigenvalue weighted by Gasteiger charge is -2.28. The van der Waals surface area contributed by atoms with Gasteiger partial charge < -0.3 is 0 Å². The van der Waals surface area contributed by atoms with Gasteiger partial charge in [0.15, 0.2) is 0 Å². The first-order valence-corrected chi connectivity index (χ1v) is 9.24. The normalized spacial score (nSPS) is 12.4. The molecule has 0 aliphatic carbocycles. The largest absolute Gasteiger partial charge is 0.274 e. The third-order valence-electron chi connectivity index (χ3n) is 4.47. The van der Waals surface area contributed by atoms with Gasteiger partial charge in [-0.3, -0.25) is 5.01 Å². The van der Waals surface area contributed by atoms with Crippen molar-refractivity contribution in [2.45, 2.75) is 77.3 Å². The van der Waals surface area contributed by atoms with Crippen LogP contribution in [0.25, 0.3) is 0 Å². The molecule has 0 aromatic carbocycles. The third-order valence-corrected chi connectivity index (χ3v) is 4.47. The minimum absolute atomic E-state index is 0.110. The summed E-state index contributed by atoms with van der Waals surface area (Å²) in [6, 6.07) is 0. The zero-order chi connectivity index (χ0) is 17.0. The first-order valence-electron chi connectivity index (χ1n) is 9.24. The summed E-state index contributed by atoms with van der Waals surface area (Å²) < 4.78 is 1.90. The average molecular weight is 333 g/mol. The molecule has 24 heavy (non-hydrogen) atoms. The molecule has 1 atom stereocenters. The zero-order valence-electron chi connectivity index (χ0n) is 15.1. The molecule has 134 valence electrons. The molecule has 1 unspecified atom stereocenters. The number of hydrogen-bond acceptors (Lipinski definition) is 5. The van der Waals surface area contributed by atoms with Gasteiger partial charge in [-0.1, -0.05) is 58.3 Å². The fourth-order valence-electron chi connectivity index (χ4n) is 3.00. The van der Waals surface area contributed by atoms with Gasteiger partial charge in [-0.05, 0) is 12.8 Å². The van der Waals surface area contributed by atoms with Gasteiger partial charge in [0.05, 0.1) is 0 Å². The Labute approximate surface area is 145 Å². The van der Waals surface area contributed by atoms with E-state index in [0.29, 0.717) is 0 Å².